The molecule has 9 heteroatoms. The molecule has 1 atom stereocenters. The minimum absolute atomic E-state index is 0.0121. The van der Waals surface area contributed by atoms with Crippen LogP contribution >= 0.6 is 23.2 Å². The van der Waals surface area contributed by atoms with Crippen molar-refractivity contribution in [2.45, 2.75) is 31.5 Å². The summed E-state index contributed by atoms with van der Waals surface area (Å²) in [5.74, 6) is 0.112. The standard InChI is InChI=1S/C23H25Cl2FN4O2/c24-19-3-4-20(26)23(25)18(19)9-12-31-30-14-16(1-5-21(30)27)15-2-6-22(29-13-15)32-17-7-10-28-11-8-17/h1-6,13-14,17,21,28H,7-12,27H2. The van der Waals surface area contributed by atoms with Crippen LogP contribution in [0.4, 0.5) is 4.39 Å². The Hall–Kier alpha value is -2.16. The highest BCUT2D eigenvalue weighted by molar-refractivity contribution is 6.36. The van der Waals surface area contributed by atoms with E-state index in [0.717, 1.165) is 37.1 Å². The second kappa shape index (κ2) is 10.6. The number of allylic oxidation sites excluding steroid dienone is 2. The number of nitrogens with one attached hydrogen (secondary N) is 1. The Balaban J connectivity index is 1.37. The Morgan fingerprint density at radius 1 is 1.19 bits per heavy atom. The first-order valence-electron chi connectivity index (χ1n) is 10.5. The van der Waals surface area contributed by atoms with Crippen molar-refractivity contribution < 1.29 is 14.0 Å². The molecule has 32 heavy (non-hydrogen) atoms. The summed E-state index contributed by atoms with van der Waals surface area (Å²) >= 11 is 12.2. The predicted molar refractivity (Wildman–Crippen MR) is 124 cm³/mol. The van der Waals surface area contributed by atoms with Crippen molar-refractivity contribution >= 4 is 28.8 Å². The molecular weight excluding hydrogens is 454 g/mol. The van der Waals surface area contributed by atoms with E-state index in [1.54, 1.807) is 11.3 Å². The van der Waals surface area contributed by atoms with Crippen molar-refractivity contribution in [2.75, 3.05) is 19.7 Å². The van der Waals surface area contributed by atoms with Crippen LogP contribution in [0.5, 0.6) is 5.88 Å². The fourth-order valence-corrected chi connectivity index (χ4v) is 4.16. The summed E-state index contributed by atoms with van der Waals surface area (Å²) in [4.78, 5) is 10.3. The predicted octanol–water partition coefficient (Wildman–Crippen LogP) is 4.33. The van der Waals surface area contributed by atoms with Gasteiger partial charge < -0.3 is 15.8 Å². The molecule has 2 aliphatic heterocycles. The van der Waals surface area contributed by atoms with E-state index in [2.05, 4.69) is 10.3 Å². The van der Waals surface area contributed by atoms with Crippen molar-refractivity contribution in [3.05, 3.63) is 75.8 Å². The molecule has 1 fully saturated rings. The summed E-state index contributed by atoms with van der Waals surface area (Å²) in [6.45, 7) is 2.16. The number of nitrogens with two attached hydrogens (primary N) is 1. The van der Waals surface area contributed by atoms with Gasteiger partial charge >= 0.3 is 0 Å². The molecule has 2 aliphatic rings. The van der Waals surface area contributed by atoms with E-state index in [4.69, 9.17) is 38.5 Å². The maximum atomic E-state index is 13.7. The number of pyridine rings is 1. The number of rotatable bonds is 7. The molecule has 6 nitrogen and oxygen atoms in total. The molecule has 1 aromatic carbocycles. The third-order valence-electron chi connectivity index (χ3n) is 5.41. The largest absolute Gasteiger partial charge is 0.474 e. The maximum absolute atomic E-state index is 13.7. The van der Waals surface area contributed by atoms with Crippen LogP contribution in [-0.2, 0) is 11.3 Å². The van der Waals surface area contributed by atoms with E-state index in [1.165, 1.54) is 12.1 Å². The van der Waals surface area contributed by atoms with Gasteiger partial charge in [-0.15, -0.1) is 0 Å². The highest BCUT2D eigenvalue weighted by Gasteiger charge is 2.18. The first kappa shape index (κ1) is 23.0. The maximum Gasteiger partial charge on any atom is 0.213 e. The fourth-order valence-electron chi connectivity index (χ4n) is 3.60. The molecule has 0 spiro atoms. The molecule has 0 amide bonds. The lowest BCUT2D eigenvalue weighted by Gasteiger charge is -2.28. The lowest BCUT2D eigenvalue weighted by Crippen LogP contribution is -2.38. The SMILES string of the molecule is NC1C=CC(c2ccc(OC3CCNCC3)nc2)=CN1OCCc1c(Cl)ccc(F)c1Cl. The van der Waals surface area contributed by atoms with E-state index in [9.17, 15) is 4.39 Å². The molecule has 0 saturated carbocycles. The molecule has 1 aromatic heterocycles. The monoisotopic (exact) mass is 478 g/mol. The summed E-state index contributed by atoms with van der Waals surface area (Å²) in [7, 11) is 0. The normalized spacial score (nSPS) is 19.2. The van der Waals surface area contributed by atoms with E-state index >= 15 is 0 Å². The molecule has 4 rings (SSSR count). The molecule has 1 unspecified atom stereocenters. The third kappa shape index (κ3) is 5.60. The van der Waals surface area contributed by atoms with Gasteiger partial charge in [0.1, 0.15) is 18.1 Å². The van der Waals surface area contributed by atoms with Crippen molar-refractivity contribution in [3.8, 4) is 5.88 Å². The van der Waals surface area contributed by atoms with Gasteiger partial charge in [-0.05, 0) is 55.8 Å². The van der Waals surface area contributed by atoms with Crippen molar-refractivity contribution in [1.82, 2.24) is 15.4 Å². The molecular formula is C23H25Cl2FN4O2. The smallest absolute Gasteiger partial charge is 0.213 e. The fraction of sp³-hybridized carbons (Fsp3) is 0.348. The van der Waals surface area contributed by atoms with E-state index in [1.807, 2.05) is 30.5 Å². The molecule has 3 heterocycles. The van der Waals surface area contributed by atoms with Gasteiger partial charge in [-0.25, -0.2) is 14.4 Å². The first-order chi connectivity index (χ1) is 15.5. The molecule has 170 valence electrons. The number of hydroxylamine groups is 2. The minimum Gasteiger partial charge on any atom is -0.474 e. The number of hydrogen-bond acceptors (Lipinski definition) is 6. The third-order valence-corrected chi connectivity index (χ3v) is 6.17. The first-order valence-corrected chi connectivity index (χ1v) is 11.3. The summed E-state index contributed by atoms with van der Waals surface area (Å²) < 4.78 is 19.7. The Labute approximate surface area is 196 Å². The zero-order valence-electron chi connectivity index (χ0n) is 17.4. The Kier molecular flexibility index (Phi) is 7.65. The van der Waals surface area contributed by atoms with Crippen LogP contribution in [-0.4, -0.2) is 42.0 Å². The Morgan fingerprint density at radius 2 is 2.00 bits per heavy atom. The lowest BCUT2D eigenvalue weighted by molar-refractivity contribution is -0.136. The van der Waals surface area contributed by atoms with Gasteiger partial charge in [0.05, 0.1) is 11.6 Å². The van der Waals surface area contributed by atoms with Gasteiger partial charge in [-0.1, -0.05) is 29.3 Å². The molecule has 1 saturated heterocycles. The summed E-state index contributed by atoms with van der Waals surface area (Å²) in [5, 5.41) is 5.28. The van der Waals surface area contributed by atoms with Crippen LogP contribution in [0, 0.1) is 5.82 Å². The molecule has 2 aromatic rings. The van der Waals surface area contributed by atoms with E-state index < -0.39 is 12.0 Å². The second-order valence-electron chi connectivity index (χ2n) is 7.65. The highest BCUT2D eigenvalue weighted by Crippen LogP contribution is 2.28. The van der Waals surface area contributed by atoms with Crippen LogP contribution in [0.2, 0.25) is 10.0 Å². The minimum atomic E-state index is -0.508. The molecule has 0 bridgehead atoms. The van der Waals surface area contributed by atoms with E-state index in [-0.39, 0.29) is 17.7 Å². The van der Waals surface area contributed by atoms with Gasteiger partial charge in [-0.2, -0.15) is 0 Å². The number of benzene rings is 1. The van der Waals surface area contributed by atoms with Crippen LogP contribution in [0.15, 0.2) is 48.8 Å². The average molecular weight is 479 g/mol. The van der Waals surface area contributed by atoms with E-state index in [0.29, 0.717) is 22.9 Å². The molecule has 0 radical (unpaired) electrons. The quantitative estimate of drug-likeness (QED) is 0.577. The zero-order valence-corrected chi connectivity index (χ0v) is 19.0. The van der Waals surface area contributed by atoms with Crippen LogP contribution in [0.3, 0.4) is 0 Å². The Morgan fingerprint density at radius 3 is 2.75 bits per heavy atom. The zero-order chi connectivity index (χ0) is 22.5. The summed E-state index contributed by atoms with van der Waals surface area (Å²) in [5.41, 5.74) is 8.44. The van der Waals surface area contributed by atoms with Crippen LogP contribution in [0.1, 0.15) is 24.0 Å². The van der Waals surface area contributed by atoms with Crippen LogP contribution in [0.25, 0.3) is 5.57 Å². The van der Waals surface area contributed by atoms with Gasteiger partial charge in [0.25, 0.3) is 0 Å². The van der Waals surface area contributed by atoms with Crippen LogP contribution < -0.4 is 15.8 Å². The summed E-state index contributed by atoms with van der Waals surface area (Å²) in [6.07, 6.45) is 9.39. The Bertz CT molecular complexity index is 994. The number of piperidine rings is 1. The number of halogens is 3. The lowest BCUT2D eigenvalue weighted by atomic mass is 10.1. The van der Waals surface area contributed by atoms with Crippen molar-refractivity contribution in [1.29, 1.82) is 0 Å². The number of nitrogens with zero attached hydrogens (tertiary/aromatic N) is 2. The number of hydrogen-bond donors (Lipinski definition) is 2. The molecule has 3 N–H and O–H groups in total. The molecule has 0 aliphatic carbocycles. The number of ether oxygens (including phenoxy) is 1. The summed E-state index contributed by atoms with van der Waals surface area (Å²) in [6, 6.07) is 6.56. The van der Waals surface area contributed by atoms with Gasteiger partial charge in [0, 0.05) is 41.0 Å². The van der Waals surface area contributed by atoms with Gasteiger partial charge in [-0.3, -0.25) is 4.84 Å². The van der Waals surface area contributed by atoms with Crippen molar-refractivity contribution in [2.24, 2.45) is 5.73 Å². The van der Waals surface area contributed by atoms with Crippen molar-refractivity contribution in [3.63, 3.8) is 0 Å². The number of aromatic nitrogens is 1. The topological polar surface area (TPSA) is 72.6 Å². The second-order valence-corrected chi connectivity index (χ2v) is 8.44. The average Bonchev–Trinajstić information content (AvgIpc) is 2.81. The highest BCUT2D eigenvalue weighted by atomic mass is 35.5. The van der Waals surface area contributed by atoms with Gasteiger partial charge in [0.15, 0.2) is 0 Å². The van der Waals surface area contributed by atoms with Gasteiger partial charge in [0.2, 0.25) is 5.88 Å².